The van der Waals surface area contributed by atoms with Crippen LogP contribution in [0.2, 0.25) is 5.02 Å². The summed E-state index contributed by atoms with van der Waals surface area (Å²) >= 11 is 7.27. The topological polar surface area (TPSA) is 62.9 Å². The molecule has 10 heteroatoms. The molecule has 5 nitrogen and oxygen atoms in total. The van der Waals surface area contributed by atoms with Crippen molar-refractivity contribution in [3.8, 4) is 18.0 Å². The Bertz CT molecular complexity index is 1520. The van der Waals surface area contributed by atoms with E-state index in [0.717, 1.165) is 49.2 Å². The molecule has 2 heterocycles. The quantitative estimate of drug-likeness (QED) is 0.184. The predicted octanol–water partition coefficient (Wildman–Crippen LogP) is 2.96. The number of nitrogens with zero attached hydrogens (tertiary/aromatic N) is 3. The van der Waals surface area contributed by atoms with Crippen LogP contribution in [0.25, 0.3) is 16.6 Å². The minimum atomic E-state index is -1.59. The number of halogens is 3. The van der Waals surface area contributed by atoms with Crippen molar-refractivity contribution < 1.29 is 48.2 Å². The average molecular weight is 548 g/mol. The minimum Gasteiger partial charge on any atom is -0.545 e. The van der Waals surface area contributed by atoms with Gasteiger partial charge in [-0.05, 0) is 43.9 Å². The molecule has 1 fully saturated rings. The van der Waals surface area contributed by atoms with E-state index in [4.69, 9.17) is 18.0 Å². The van der Waals surface area contributed by atoms with Gasteiger partial charge in [0.05, 0.1) is 28.4 Å². The van der Waals surface area contributed by atoms with E-state index in [0.29, 0.717) is 28.9 Å². The van der Waals surface area contributed by atoms with Crippen molar-refractivity contribution in [2.24, 2.45) is 0 Å². The Morgan fingerprint density at radius 1 is 1.22 bits per heavy atom. The van der Waals surface area contributed by atoms with Crippen LogP contribution in [0.5, 0.6) is 0 Å². The maximum Gasteiger partial charge on any atom is 1.00 e. The summed E-state index contributed by atoms with van der Waals surface area (Å²) in [4.78, 5) is 12.1. The number of fused-ring (bicyclic) bond motifs is 1. The first-order chi connectivity index (χ1) is 17.4. The molecule has 0 amide bonds. The fraction of sp³-hybridized carbons (Fsp3) is 0.259. The Kier molecular flexibility index (Phi) is 8.72. The van der Waals surface area contributed by atoms with Crippen molar-refractivity contribution >= 4 is 40.2 Å². The van der Waals surface area contributed by atoms with Gasteiger partial charge in [0.1, 0.15) is 5.82 Å². The fourth-order valence-corrected chi connectivity index (χ4v) is 5.71. The van der Waals surface area contributed by atoms with Gasteiger partial charge in [0.15, 0.2) is 5.82 Å². The molecular formula is C27H21ClF2N3NaO2S. The molecule has 0 atom stereocenters. The molecular weight excluding hydrogens is 527 g/mol. The molecule has 184 valence electrons. The SMILES string of the molecule is C#CCCCCn1cc(-n2c(C3CC3)c(Sc3cccc(C(=O)[O-])c3F)c3ccc(Cl)c(F)c32)cn1.[Na+]. The van der Waals surface area contributed by atoms with Crippen LogP contribution in [-0.2, 0) is 6.54 Å². The van der Waals surface area contributed by atoms with Gasteiger partial charge in [-0.3, -0.25) is 4.68 Å². The van der Waals surface area contributed by atoms with E-state index >= 15 is 8.78 Å². The molecule has 0 aliphatic heterocycles. The number of carboxylic acid groups (broad SMARTS) is 1. The van der Waals surface area contributed by atoms with Crippen LogP contribution in [-0.4, -0.2) is 20.3 Å². The van der Waals surface area contributed by atoms with Gasteiger partial charge >= 0.3 is 29.6 Å². The zero-order chi connectivity index (χ0) is 25.4. The number of benzene rings is 2. The molecule has 1 aliphatic rings. The Morgan fingerprint density at radius 2 is 2.00 bits per heavy atom. The van der Waals surface area contributed by atoms with Crippen LogP contribution in [0.15, 0.2) is 52.5 Å². The molecule has 0 saturated heterocycles. The fourth-order valence-electron chi connectivity index (χ4n) is 4.35. The average Bonchev–Trinajstić information content (AvgIpc) is 3.50. The van der Waals surface area contributed by atoms with E-state index in [1.807, 2.05) is 10.8 Å². The standard InChI is InChI=1S/C27H22ClF2N3O2S.Na/c1-2-3-4-5-13-32-15-17(14-31-32)33-24(16-9-10-16)26(19-11-12-20(28)23(30)25(19)33)36-21-8-6-7-18(22(21)29)27(34)35;/h1,6-8,11-12,14-16H,3-5,9-10,13H2,(H,34,35);/q;+1/p-1. The van der Waals surface area contributed by atoms with E-state index in [1.165, 1.54) is 18.2 Å². The van der Waals surface area contributed by atoms with Crippen molar-refractivity contribution in [2.45, 2.75) is 54.4 Å². The van der Waals surface area contributed by atoms with E-state index in [1.54, 1.807) is 16.9 Å². The number of carbonyl (C=O) groups excluding carboxylic acids is 1. The van der Waals surface area contributed by atoms with Gasteiger partial charge in [-0.2, -0.15) is 5.10 Å². The number of hydrogen-bond donors (Lipinski definition) is 0. The maximum absolute atomic E-state index is 15.5. The van der Waals surface area contributed by atoms with E-state index in [9.17, 15) is 9.90 Å². The summed E-state index contributed by atoms with van der Waals surface area (Å²) in [5, 5.41) is 16.4. The number of aromatic carboxylic acids is 1. The first-order valence-corrected chi connectivity index (χ1v) is 12.8. The summed E-state index contributed by atoms with van der Waals surface area (Å²) in [6, 6.07) is 7.33. The van der Waals surface area contributed by atoms with Crippen molar-refractivity contribution in [3.05, 3.63) is 70.6 Å². The largest absolute Gasteiger partial charge is 1.00 e. The number of aryl methyl sites for hydroxylation is 1. The van der Waals surface area contributed by atoms with Gasteiger partial charge in [0.2, 0.25) is 0 Å². The van der Waals surface area contributed by atoms with Crippen LogP contribution < -0.4 is 34.7 Å². The van der Waals surface area contributed by atoms with Crippen molar-refractivity contribution in [1.82, 2.24) is 14.3 Å². The maximum atomic E-state index is 15.5. The zero-order valence-electron chi connectivity index (χ0n) is 20.1. The van der Waals surface area contributed by atoms with Crippen LogP contribution in [0.4, 0.5) is 8.78 Å². The Morgan fingerprint density at radius 3 is 2.70 bits per heavy atom. The van der Waals surface area contributed by atoms with Crippen molar-refractivity contribution in [3.63, 3.8) is 0 Å². The van der Waals surface area contributed by atoms with Gasteiger partial charge in [-0.15, -0.1) is 12.3 Å². The molecule has 1 saturated carbocycles. The minimum absolute atomic E-state index is 0. The summed E-state index contributed by atoms with van der Waals surface area (Å²) in [5.41, 5.74) is 1.28. The molecule has 0 unspecified atom stereocenters. The van der Waals surface area contributed by atoms with Crippen LogP contribution in [0, 0.1) is 24.0 Å². The van der Waals surface area contributed by atoms with Gasteiger partial charge < -0.3 is 14.5 Å². The molecule has 0 spiro atoms. The van der Waals surface area contributed by atoms with Crippen molar-refractivity contribution in [1.29, 1.82) is 0 Å². The molecule has 0 bridgehead atoms. The van der Waals surface area contributed by atoms with Gasteiger partial charge in [-0.1, -0.05) is 35.5 Å². The van der Waals surface area contributed by atoms with Crippen LogP contribution >= 0.6 is 23.4 Å². The number of aromatic nitrogens is 3. The Balaban J connectivity index is 0.00000320. The first-order valence-electron chi connectivity index (χ1n) is 11.6. The second-order valence-electron chi connectivity index (χ2n) is 8.71. The molecule has 37 heavy (non-hydrogen) atoms. The van der Waals surface area contributed by atoms with Gasteiger partial charge in [0.25, 0.3) is 0 Å². The van der Waals surface area contributed by atoms with E-state index in [2.05, 4.69) is 11.0 Å². The van der Waals surface area contributed by atoms with Gasteiger partial charge in [-0.25, -0.2) is 8.78 Å². The molecule has 0 radical (unpaired) electrons. The Labute approximate surface area is 244 Å². The number of carboxylic acids is 1. The van der Waals surface area contributed by atoms with E-state index in [-0.39, 0.29) is 50.9 Å². The smallest absolute Gasteiger partial charge is 0.545 e. The molecule has 2 aromatic heterocycles. The third kappa shape index (κ3) is 5.47. The second kappa shape index (κ2) is 11.6. The van der Waals surface area contributed by atoms with Crippen LogP contribution in [0.3, 0.4) is 0 Å². The summed E-state index contributed by atoms with van der Waals surface area (Å²) in [5.74, 6) is -0.272. The first kappa shape index (κ1) is 27.7. The zero-order valence-corrected chi connectivity index (χ0v) is 23.7. The normalized spacial score (nSPS) is 12.9. The monoisotopic (exact) mass is 547 g/mol. The number of hydrogen-bond acceptors (Lipinski definition) is 4. The Hall–Kier alpha value is -2.28. The third-order valence-electron chi connectivity index (χ3n) is 6.21. The number of unbranched alkanes of at least 4 members (excludes halogenated alkanes) is 2. The summed E-state index contributed by atoms with van der Waals surface area (Å²) in [6.07, 6.45) is 13.1. The number of terminal acetylenes is 1. The third-order valence-corrected chi connectivity index (χ3v) is 7.67. The number of rotatable bonds is 9. The second-order valence-corrected chi connectivity index (χ2v) is 10.2. The van der Waals surface area contributed by atoms with Gasteiger partial charge in [0, 0.05) is 51.5 Å². The molecule has 1 aliphatic carbocycles. The molecule has 2 aromatic carbocycles. The molecule has 4 aromatic rings. The number of carbonyl (C=O) groups is 1. The summed E-state index contributed by atoms with van der Waals surface area (Å²) < 4.78 is 34.2. The molecule has 0 N–H and O–H groups in total. The summed E-state index contributed by atoms with van der Waals surface area (Å²) in [7, 11) is 0. The molecule has 5 rings (SSSR count). The van der Waals surface area contributed by atoms with Crippen LogP contribution in [0.1, 0.15) is 54.1 Å². The summed E-state index contributed by atoms with van der Waals surface area (Å²) in [6.45, 7) is 0.672. The van der Waals surface area contributed by atoms with Crippen molar-refractivity contribution in [2.75, 3.05) is 0 Å². The van der Waals surface area contributed by atoms with E-state index < -0.39 is 23.2 Å². The predicted molar refractivity (Wildman–Crippen MR) is 134 cm³/mol.